The molecule has 0 aliphatic carbocycles. The van der Waals surface area contributed by atoms with Gasteiger partial charge < -0.3 is 0 Å². The third-order valence-electron chi connectivity index (χ3n) is 3.75. The van der Waals surface area contributed by atoms with Gasteiger partial charge in [0.05, 0.1) is 11.8 Å². The van der Waals surface area contributed by atoms with Crippen LogP contribution in [0.25, 0.3) is 11.1 Å². The molecule has 0 bridgehead atoms. The van der Waals surface area contributed by atoms with Crippen LogP contribution < -0.4 is 10.2 Å². The molecule has 0 aliphatic heterocycles. The molecule has 2 heterocycles. The lowest BCUT2D eigenvalue weighted by molar-refractivity contribution is 0.0707. The quantitative estimate of drug-likeness (QED) is 0.345. The third-order valence-corrected chi connectivity index (χ3v) is 4.31. The molecule has 146 valence electrons. The van der Waals surface area contributed by atoms with E-state index < -0.39 is 15.9 Å². The molecule has 0 spiro atoms. The molecular formula is C20H16N4O4S. The van der Waals surface area contributed by atoms with Crippen LogP contribution in [0.3, 0.4) is 0 Å². The number of sulfonamides is 1. The number of amides is 1. The van der Waals surface area contributed by atoms with Crippen LogP contribution in [-0.4, -0.2) is 35.8 Å². The molecule has 0 radical (unpaired) electrons. The fraction of sp³-hybridized carbons (Fsp3) is 0.0500. The SMILES string of the molecule is CS(=O)(=O)Nc1ncc(-c2ccc(C#Cc3cccnc3)cc2)cc1C(=O)NO. The molecule has 0 fully saturated rings. The maximum Gasteiger partial charge on any atom is 0.278 e. The highest BCUT2D eigenvalue weighted by molar-refractivity contribution is 7.92. The van der Waals surface area contributed by atoms with Crippen LogP contribution in [0, 0.1) is 11.8 Å². The van der Waals surface area contributed by atoms with Crippen LogP contribution in [0.4, 0.5) is 5.82 Å². The zero-order chi connectivity index (χ0) is 20.9. The molecular weight excluding hydrogens is 392 g/mol. The van der Waals surface area contributed by atoms with Crippen molar-refractivity contribution in [2.75, 3.05) is 11.0 Å². The second kappa shape index (κ2) is 8.52. The van der Waals surface area contributed by atoms with Gasteiger partial charge in [-0.1, -0.05) is 24.0 Å². The Morgan fingerprint density at radius 2 is 1.76 bits per heavy atom. The highest BCUT2D eigenvalue weighted by Gasteiger charge is 2.16. The lowest BCUT2D eigenvalue weighted by atomic mass is 10.0. The Labute approximate surface area is 167 Å². The summed E-state index contributed by atoms with van der Waals surface area (Å²) in [7, 11) is -3.65. The second-order valence-electron chi connectivity index (χ2n) is 6.00. The summed E-state index contributed by atoms with van der Waals surface area (Å²) >= 11 is 0. The van der Waals surface area contributed by atoms with Gasteiger partial charge >= 0.3 is 0 Å². The molecule has 0 saturated carbocycles. The van der Waals surface area contributed by atoms with Gasteiger partial charge in [-0.25, -0.2) is 18.9 Å². The van der Waals surface area contributed by atoms with E-state index in [1.807, 2.05) is 24.3 Å². The van der Waals surface area contributed by atoms with E-state index >= 15 is 0 Å². The van der Waals surface area contributed by atoms with Crippen molar-refractivity contribution in [1.82, 2.24) is 15.4 Å². The van der Waals surface area contributed by atoms with E-state index in [1.54, 1.807) is 24.5 Å². The van der Waals surface area contributed by atoms with Crippen LogP contribution >= 0.6 is 0 Å². The standard InChI is InChI=1S/C20H16N4O4S/c1-29(27,28)24-19-18(20(25)23-26)11-17(13-22-19)16-8-6-14(7-9-16)4-5-15-3-2-10-21-12-15/h2-3,6-13,26H,1H3,(H,22,24)(H,23,25). The van der Waals surface area contributed by atoms with Gasteiger partial charge in [0.2, 0.25) is 10.0 Å². The minimum atomic E-state index is -3.65. The molecule has 1 amide bonds. The molecule has 1 aromatic carbocycles. The van der Waals surface area contributed by atoms with Crippen LogP contribution in [0.5, 0.6) is 0 Å². The van der Waals surface area contributed by atoms with E-state index in [0.717, 1.165) is 22.9 Å². The van der Waals surface area contributed by atoms with E-state index in [4.69, 9.17) is 5.21 Å². The van der Waals surface area contributed by atoms with Crippen molar-refractivity contribution in [2.24, 2.45) is 0 Å². The van der Waals surface area contributed by atoms with E-state index in [9.17, 15) is 13.2 Å². The Kier molecular flexibility index (Phi) is 5.87. The number of benzene rings is 1. The largest absolute Gasteiger partial charge is 0.288 e. The second-order valence-corrected chi connectivity index (χ2v) is 7.75. The number of rotatable bonds is 4. The monoisotopic (exact) mass is 408 g/mol. The normalized spacial score (nSPS) is 10.6. The van der Waals surface area contributed by atoms with Crippen molar-refractivity contribution < 1.29 is 18.4 Å². The number of carbonyl (C=O) groups excluding carboxylic acids is 1. The molecule has 0 unspecified atom stereocenters. The third kappa shape index (κ3) is 5.38. The fourth-order valence-electron chi connectivity index (χ4n) is 2.44. The lowest BCUT2D eigenvalue weighted by Gasteiger charge is -2.10. The highest BCUT2D eigenvalue weighted by Crippen LogP contribution is 2.24. The van der Waals surface area contributed by atoms with Gasteiger partial charge in [0.25, 0.3) is 5.91 Å². The van der Waals surface area contributed by atoms with Crippen LogP contribution in [0.15, 0.2) is 61.1 Å². The van der Waals surface area contributed by atoms with Gasteiger partial charge in [0.15, 0.2) is 5.82 Å². The number of nitrogens with zero attached hydrogens (tertiary/aromatic N) is 2. The molecule has 0 aliphatic rings. The van der Waals surface area contributed by atoms with E-state index in [0.29, 0.717) is 5.56 Å². The zero-order valence-electron chi connectivity index (χ0n) is 15.2. The van der Waals surface area contributed by atoms with Gasteiger partial charge in [-0.05, 0) is 35.9 Å². The number of hydroxylamine groups is 1. The highest BCUT2D eigenvalue weighted by atomic mass is 32.2. The molecule has 0 atom stereocenters. The number of anilines is 1. The number of aromatic nitrogens is 2. The Morgan fingerprint density at radius 1 is 1.03 bits per heavy atom. The minimum absolute atomic E-state index is 0.115. The van der Waals surface area contributed by atoms with Crippen molar-refractivity contribution in [2.45, 2.75) is 0 Å². The molecule has 2 aromatic heterocycles. The maximum atomic E-state index is 11.9. The number of carbonyl (C=O) groups is 1. The van der Waals surface area contributed by atoms with Gasteiger partial charge in [-0.3, -0.25) is 19.7 Å². The molecule has 3 N–H and O–H groups in total. The van der Waals surface area contributed by atoms with E-state index in [-0.39, 0.29) is 11.4 Å². The summed E-state index contributed by atoms with van der Waals surface area (Å²) < 4.78 is 25.1. The van der Waals surface area contributed by atoms with Crippen molar-refractivity contribution in [1.29, 1.82) is 0 Å². The Balaban J connectivity index is 1.90. The molecule has 0 saturated heterocycles. The summed E-state index contributed by atoms with van der Waals surface area (Å²) in [5.41, 5.74) is 4.26. The van der Waals surface area contributed by atoms with Gasteiger partial charge in [-0.2, -0.15) is 0 Å². The number of pyridine rings is 2. The molecule has 3 rings (SSSR count). The van der Waals surface area contributed by atoms with Crippen molar-refractivity contribution in [3.63, 3.8) is 0 Å². The summed E-state index contributed by atoms with van der Waals surface area (Å²) in [6.45, 7) is 0. The van der Waals surface area contributed by atoms with Crippen molar-refractivity contribution in [3.8, 4) is 23.0 Å². The van der Waals surface area contributed by atoms with Crippen molar-refractivity contribution in [3.05, 3.63) is 77.7 Å². The Bertz CT molecular complexity index is 1200. The molecule has 3 aromatic rings. The lowest BCUT2D eigenvalue weighted by Crippen LogP contribution is -2.22. The molecule has 8 nitrogen and oxygen atoms in total. The average Bonchev–Trinajstić information content (AvgIpc) is 2.72. The smallest absolute Gasteiger partial charge is 0.278 e. The summed E-state index contributed by atoms with van der Waals surface area (Å²) in [4.78, 5) is 19.9. The van der Waals surface area contributed by atoms with Crippen LogP contribution in [0.1, 0.15) is 21.5 Å². The predicted molar refractivity (Wildman–Crippen MR) is 108 cm³/mol. The summed E-state index contributed by atoms with van der Waals surface area (Å²) in [6.07, 6.45) is 5.72. The fourth-order valence-corrected chi connectivity index (χ4v) is 2.95. The van der Waals surface area contributed by atoms with Crippen molar-refractivity contribution >= 4 is 21.7 Å². The van der Waals surface area contributed by atoms with Gasteiger partial charge in [-0.15, -0.1) is 0 Å². The van der Waals surface area contributed by atoms with Gasteiger partial charge in [0, 0.05) is 35.3 Å². The minimum Gasteiger partial charge on any atom is -0.288 e. The predicted octanol–water partition coefficient (Wildman–Crippen LogP) is 2.03. The van der Waals surface area contributed by atoms with Crippen LogP contribution in [0.2, 0.25) is 0 Å². The summed E-state index contributed by atoms with van der Waals surface area (Å²) in [6, 6.07) is 12.3. The zero-order valence-corrected chi connectivity index (χ0v) is 16.1. The van der Waals surface area contributed by atoms with E-state index in [1.165, 1.54) is 17.7 Å². The maximum absolute atomic E-state index is 11.9. The average molecular weight is 408 g/mol. The van der Waals surface area contributed by atoms with Crippen LogP contribution in [-0.2, 0) is 10.0 Å². The number of nitrogens with one attached hydrogen (secondary N) is 2. The molecule has 29 heavy (non-hydrogen) atoms. The first-order valence-electron chi connectivity index (χ1n) is 8.30. The number of hydrogen-bond donors (Lipinski definition) is 3. The van der Waals surface area contributed by atoms with E-state index in [2.05, 4.69) is 26.5 Å². The topological polar surface area (TPSA) is 121 Å². The Morgan fingerprint density at radius 3 is 2.38 bits per heavy atom. The van der Waals surface area contributed by atoms with Gasteiger partial charge in [0.1, 0.15) is 0 Å². The number of hydrogen-bond acceptors (Lipinski definition) is 6. The first-order chi connectivity index (χ1) is 13.9. The molecule has 9 heteroatoms. The first-order valence-corrected chi connectivity index (χ1v) is 10.2. The summed E-state index contributed by atoms with van der Waals surface area (Å²) in [5.74, 6) is 4.98. The Hall–Kier alpha value is -3.74. The first kappa shape index (κ1) is 20.0. The summed E-state index contributed by atoms with van der Waals surface area (Å²) in [5, 5.41) is 8.94.